The van der Waals surface area contributed by atoms with Gasteiger partial charge in [0.2, 0.25) is 0 Å². The minimum Gasteiger partial charge on any atom is -0.397 e. The van der Waals surface area contributed by atoms with Crippen molar-refractivity contribution in [3.8, 4) is 0 Å². The van der Waals surface area contributed by atoms with E-state index in [1.807, 2.05) is 0 Å². The molecular weight excluding hydrogens is 100 g/mol. The molecule has 0 saturated carbocycles. The van der Waals surface area contributed by atoms with Crippen molar-refractivity contribution in [1.29, 1.82) is 0 Å². The SMILES string of the molecule is C1=CCC=C1.CCO. The number of aliphatic hydroxyl groups excluding tert-OH is 1. The molecule has 0 atom stereocenters. The lowest BCUT2D eigenvalue weighted by Gasteiger charge is -1.57. The van der Waals surface area contributed by atoms with Crippen molar-refractivity contribution in [1.82, 2.24) is 0 Å². The van der Waals surface area contributed by atoms with Crippen LogP contribution in [0.2, 0.25) is 0 Å². The van der Waals surface area contributed by atoms with Crippen molar-refractivity contribution >= 4 is 0 Å². The molecule has 0 aromatic rings. The summed E-state index contributed by atoms with van der Waals surface area (Å²) < 4.78 is 0. The van der Waals surface area contributed by atoms with E-state index in [1.165, 1.54) is 0 Å². The van der Waals surface area contributed by atoms with Crippen LogP contribution >= 0.6 is 0 Å². The first-order chi connectivity index (χ1) is 3.91. The molecule has 0 amide bonds. The Morgan fingerprint density at radius 2 is 1.75 bits per heavy atom. The van der Waals surface area contributed by atoms with E-state index in [4.69, 9.17) is 5.11 Å². The first kappa shape index (κ1) is 7.44. The van der Waals surface area contributed by atoms with E-state index in [0.29, 0.717) is 0 Å². The summed E-state index contributed by atoms with van der Waals surface area (Å²) in [6.07, 6.45) is 9.50. The van der Waals surface area contributed by atoms with Gasteiger partial charge in [-0.1, -0.05) is 24.3 Å². The van der Waals surface area contributed by atoms with Crippen LogP contribution < -0.4 is 0 Å². The van der Waals surface area contributed by atoms with Gasteiger partial charge in [-0.05, 0) is 13.3 Å². The average Bonchev–Trinajstić information content (AvgIpc) is 2.17. The molecule has 1 aliphatic carbocycles. The van der Waals surface area contributed by atoms with Gasteiger partial charge in [0, 0.05) is 6.61 Å². The summed E-state index contributed by atoms with van der Waals surface area (Å²) in [6, 6.07) is 0. The molecule has 0 aliphatic heterocycles. The summed E-state index contributed by atoms with van der Waals surface area (Å²) in [5.41, 5.74) is 0. The smallest absolute Gasteiger partial charge is 0.0402 e. The van der Waals surface area contributed by atoms with E-state index in [0.717, 1.165) is 6.42 Å². The van der Waals surface area contributed by atoms with Gasteiger partial charge in [-0.2, -0.15) is 0 Å². The van der Waals surface area contributed by atoms with Crippen LogP contribution in [0.5, 0.6) is 0 Å². The minimum atomic E-state index is 0.250. The topological polar surface area (TPSA) is 20.2 Å². The second-order valence-corrected chi connectivity index (χ2v) is 1.41. The molecule has 1 aliphatic rings. The zero-order valence-corrected chi connectivity index (χ0v) is 5.17. The van der Waals surface area contributed by atoms with Crippen molar-refractivity contribution in [3.05, 3.63) is 24.3 Å². The third kappa shape index (κ3) is 5.44. The van der Waals surface area contributed by atoms with E-state index in [1.54, 1.807) is 6.92 Å². The standard InChI is InChI=1S/C5H6.C2H6O/c1-2-4-5-3-1;1-2-3/h1-4H,5H2;3H,2H2,1H3. The van der Waals surface area contributed by atoms with Crippen LogP contribution in [-0.2, 0) is 0 Å². The Morgan fingerprint density at radius 3 is 1.88 bits per heavy atom. The Morgan fingerprint density at radius 1 is 1.38 bits per heavy atom. The van der Waals surface area contributed by atoms with E-state index < -0.39 is 0 Å². The fourth-order valence-electron chi connectivity index (χ4n) is 0.393. The summed E-state index contributed by atoms with van der Waals surface area (Å²) in [5.74, 6) is 0. The molecule has 1 rings (SSSR count). The zero-order valence-electron chi connectivity index (χ0n) is 5.17. The molecule has 46 valence electrons. The molecule has 1 heteroatoms. The lowest BCUT2D eigenvalue weighted by Crippen LogP contribution is -1.57. The molecule has 0 unspecified atom stereocenters. The lowest BCUT2D eigenvalue weighted by atomic mass is 10.5. The molecule has 1 N–H and O–H groups in total. The Kier molecular flexibility index (Phi) is 5.99. The lowest BCUT2D eigenvalue weighted by molar-refractivity contribution is 0.318. The van der Waals surface area contributed by atoms with Gasteiger partial charge < -0.3 is 5.11 Å². The normalized spacial score (nSPS) is 13.2. The highest BCUT2D eigenvalue weighted by Gasteiger charge is 1.72. The van der Waals surface area contributed by atoms with Gasteiger partial charge in [-0.25, -0.2) is 0 Å². The number of allylic oxidation sites excluding steroid dienone is 4. The maximum absolute atomic E-state index is 7.57. The monoisotopic (exact) mass is 112 g/mol. The highest BCUT2D eigenvalue weighted by atomic mass is 16.2. The summed E-state index contributed by atoms with van der Waals surface area (Å²) in [4.78, 5) is 0. The van der Waals surface area contributed by atoms with Crippen LogP contribution in [0.25, 0.3) is 0 Å². The molecule has 8 heavy (non-hydrogen) atoms. The fourth-order valence-corrected chi connectivity index (χ4v) is 0.393. The third-order valence-electron chi connectivity index (χ3n) is 0.655. The van der Waals surface area contributed by atoms with Crippen LogP contribution in [0.15, 0.2) is 24.3 Å². The maximum Gasteiger partial charge on any atom is 0.0402 e. The van der Waals surface area contributed by atoms with Crippen LogP contribution in [0, 0.1) is 0 Å². The highest BCUT2D eigenvalue weighted by Crippen LogP contribution is 1.93. The number of aliphatic hydroxyl groups is 1. The molecule has 0 aromatic carbocycles. The van der Waals surface area contributed by atoms with Gasteiger partial charge in [0.1, 0.15) is 0 Å². The molecule has 0 saturated heterocycles. The van der Waals surface area contributed by atoms with Crippen LogP contribution in [0.3, 0.4) is 0 Å². The number of hydrogen-bond donors (Lipinski definition) is 1. The Bertz CT molecular complexity index is 72.4. The first-order valence-electron chi connectivity index (χ1n) is 2.84. The Labute approximate surface area is 50.3 Å². The van der Waals surface area contributed by atoms with Crippen molar-refractivity contribution in [2.24, 2.45) is 0 Å². The van der Waals surface area contributed by atoms with Gasteiger partial charge in [0.15, 0.2) is 0 Å². The summed E-state index contributed by atoms with van der Waals surface area (Å²) in [7, 11) is 0. The second kappa shape index (κ2) is 6.44. The number of hydrogen-bond acceptors (Lipinski definition) is 1. The highest BCUT2D eigenvalue weighted by molar-refractivity contribution is 5.11. The van der Waals surface area contributed by atoms with E-state index >= 15 is 0 Å². The molecule has 0 aromatic heterocycles. The Hall–Kier alpha value is -0.560. The van der Waals surface area contributed by atoms with Crippen LogP contribution in [0.1, 0.15) is 13.3 Å². The predicted molar refractivity (Wildman–Crippen MR) is 35.7 cm³/mol. The van der Waals surface area contributed by atoms with E-state index in [-0.39, 0.29) is 6.61 Å². The fraction of sp³-hybridized carbons (Fsp3) is 0.429. The average molecular weight is 112 g/mol. The second-order valence-electron chi connectivity index (χ2n) is 1.41. The largest absolute Gasteiger partial charge is 0.397 e. The Balaban J connectivity index is 0.000000145. The van der Waals surface area contributed by atoms with E-state index in [9.17, 15) is 0 Å². The predicted octanol–water partition coefficient (Wildman–Crippen LogP) is 1.50. The molecule has 0 fully saturated rings. The van der Waals surface area contributed by atoms with Gasteiger partial charge in [0.05, 0.1) is 0 Å². The zero-order chi connectivity index (χ0) is 6.24. The maximum atomic E-state index is 7.57. The van der Waals surface area contributed by atoms with Gasteiger partial charge >= 0.3 is 0 Å². The van der Waals surface area contributed by atoms with Crippen molar-refractivity contribution in [2.75, 3.05) is 6.61 Å². The summed E-state index contributed by atoms with van der Waals surface area (Å²) >= 11 is 0. The van der Waals surface area contributed by atoms with Crippen molar-refractivity contribution < 1.29 is 5.11 Å². The van der Waals surface area contributed by atoms with Crippen LogP contribution in [0.4, 0.5) is 0 Å². The molecular formula is C7H12O. The van der Waals surface area contributed by atoms with Gasteiger partial charge in [0.25, 0.3) is 0 Å². The summed E-state index contributed by atoms with van der Waals surface area (Å²) in [6.45, 7) is 1.93. The molecule has 0 radical (unpaired) electrons. The van der Waals surface area contributed by atoms with Gasteiger partial charge in [-0.3, -0.25) is 0 Å². The summed E-state index contributed by atoms with van der Waals surface area (Å²) in [5, 5.41) is 7.57. The molecule has 0 spiro atoms. The molecule has 1 nitrogen and oxygen atoms in total. The van der Waals surface area contributed by atoms with Crippen LogP contribution in [-0.4, -0.2) is 11.7 Å². The minimum absolute atomic E-state index is 0.250. The third-order valence-corrected chi connectivity index (χ3v) is 0.655. The first-order valence-corrected chi connectivity index (χ1v) is 2.84. The van der Waals surface area contributed by atoms with E-state index in [2.05, 4.69) is 24.3 Å². The molecule has 0 bridgehead atoms. The molecule has 0 heterocycles. The quantitative estimate of drug-likeness (QED) is 0.503. The van der Waals surface area contributed by atoms with Crippen molar-refractivity contribution in [2.45, 2.75) is 13.3 Å². The van der Waals surface area contributed by atoms with Crippen molar-refractivity contribution in [3.63, 3.8) is 0 Å². The van der Waals surface area contributed by atoms with Gasteiger partial charge in [-0.15, -0.1) is 0 Å². The number of rotatable bonds is 0.